The Morgan fingerprint density at radius 3 is 1.85 bits per heavy atom. The van der Waals surface area contributed by atoms with Crippen LogP contribution in [0, 0.1) is 0 Å². The molecule has 0 spiro atoms. The minimum absolute atomic E-state index is 0.310. The van der Waals surface area contributed by atoms with E-state index in [2.05, 4.69) is 5.32 Å². The van der Waals surface area contributed by atoms with E-state index in [1.807, 2.05) is 0 Å². The van der Waals surface area contributed by atoms with E-state index >= 15 is 0 Å². The van der Waals surface area contributed by atoms with Gasteiger partial charge in [-0.05, 0) is 19.9 Å². The lowest BCUT2D eigenvalue weighted by molar-refractivity contribution is -0.137. The van der Waals surface area contributed by atoms with E-state index in [1.54, 1.807) is 32.0 Å². The maximum atomic E-state index is 12.5. The van der Waals surface area contributed by atoms with Gasteiger partial charge in [0.1, 0.15) is 0 Å². The van der Waals surface area contributed by atoms with Gasteiger partial charge in [-0.1, -0.05) is 12.1 Å². The van der Waals surface area contributed by atoms with E-state index in [0.717, 1.165) is 0 Å². The molecule has 1 heterocycles. The number of hydrogen-bond acceptors (Lipinski definition) is 7. The van der Waals surface area contributed by atoms with E-state index in [-0.39, 0.29) is 0 Å². The lowest BCUT2D eigenvalue weighted by Gasteiger charge is -2.31. The predicted molar refractivity (Wildman–Crippen MR) is 94.9 cm³/mol. The quantitative estimate of drug-likeness (QED) is 0.806. The summed E-state index contributed by atoms with van der Waals surface area (Å²) in [5.41, 5.74) is 2.41. The van der Waals surface area contributed by atoms with Gasteiger partial charge in [0, 0.05) is 17.0 Å². The molecule has 0 saturated carbocycles. The van der Waals surface area contributed by atoms with Crippen LogP contribution in [0.25, 0.3) is 0 Å². The number of allylic oxidation sites excluding steroid dienone is 2. The number of ether oxygens (including phenoxy) is 4. The highest BCUT2D eigenvalue weighted by atomic mass is 16.5. The van der Waals surface area contributed by atoms with Crippen LogP contribution in [0.3, 0.4) is 0 Å². The smallest absolute Gasteiger partial charge is 0.336 e. The number of esters is 2. The fraction of sp³-hybridized carbons (Fsp3) is 0.368. The first kappa shape index (κ1) is 19.4. The number of benzene rings is 1. The number of para-hydroxylation sites is 1. The van der Waals surface area contributed by atoms with Crippen molar-refractivity contribution in [1.82, 2.24) is 5.32 Å². The van der Waals surface area contributed by atoms with Crippen LogP contribution in [0.15, 0.2) is 40.7 Å². The zero-order valence-electron chi connectivity index (χ0n) is 15.8. The molecule has 1 aliphatic heterocycles. The molecule has 0 atom stereocenters. The van der Waals surface area contributed by atoms with Gasteiger partial charge in [0.15, 0.2) is 11.5 Å². The van der Waals surface area contributed by atoms with Crippen LogP contribution in [0.4, 0.5) is 0 Å². The summed E-state index contributed by atoms with van der Waals surface area (Å²) in [4.78, 5) is 25.0. The molecule has 7 nitrogen and oxygen atoms in total. The highest BCUT2D eigenvalue weighted by Gasteiger charge is 2.39. The van der Waals surface area contributed by atoms with Gasteiger partial charge in [-0.2, -0.15) is 0 Å². The molecule has 0 fully saturated rings. The van der Waals surface area contributed by atoms with E-state index in [1.165, 1.54) is 28.4 Å². The van der Waals surface area contributed by atoms with Crippen molar-refractivity contribution in [3.8, 4) is 11.5 Å². The number of carbonyl (C=O) groups excluding carboxylic acids is 2. The van der Waals surface area contributed by atoms with Gasteiger partial charge in [-0.25, -0.2) is 9.59 Å². The Labute approximate surface area is 152 Å². The van der Waals surface area contributed by atoms with Crippen molar-refractivity contribution < 1.29 is 28.5 Å². The van der Waals surface area contributed by atoms with Gasteiger partial charge in [0.25, 0.3) is 0 Å². The first-order valence-corrected chi connectivity index (χ1v) is 7.97. The summed E-state index contributed by atoms with van der Waals surface area (Å²) in [5, 5.41) is 3.06. The molecule has 0 amide bonds. The van der Waals surface area contributed by atoms with Crippen molar-refractivity contribution in [3.63, 3.8) is 0 Å². The zero-order valence-corrected chi connectivity index (χ0v) is 15.8. The number of methoxy groups -OCH3 is 4. The third-order valence-electron chi connectivity index (χ3n) is 4.32. The van der Waals surface area contributed by atoms with Gasteiger partial charge in [0.2, 0.25) is 0 Å². The Bertz CT molecular complexity index is 755. The number of rotatable bonds is 5. The average Bonchev–Trinajstić information content (AvgIpc) is 2.65. The van der Waals surface area contributed by atoms with Gasteiger partial charge in [-0.3, -0.25) is 0 Å². The van der Waals surface area contributed by atoms with E-state index < -0.39 is 17.9 Å². The summed E-state index contributed by atoms with van der Waals surface area (Å²) < 4.78 is 20.8. The van der Waals surface area contributed by atoms with E-state index in [9.17, 15) is 9.59 Å². The Kier molecular flexibility index (Phi) is 5.92. The predicted octanol–water partition coefficient (Wildman–Crippen LogP) is 2.28. The fourth-order valence-corrected chi connectivity index (χ4v) is 3.21. The third-order valence-corrected chi connectivity index (χ3v) is 4.32. The van der Waals surface area contributed by atoms with Crippen molar-refractivity contribution in [2.24, 2.45) is 0 Å². The molecule has 0 aliphatic carbocycles. The number of hydrogen-bond donors (Lipinski definition) is 1. The lowest BCUT2D eigenvalue weighted by Crippen LogP contribution is -2.32. The molecule has 0 bridgehead atoms. The number of carbonyl (C=O) groups is 2. The van der Waals surface area contributed by atoms with Crippen LogP contribution in [-0.2, 0) is 19.1 Å². The first-order valence-electron chi connectivity index (χ1n) is 7.97. The largest absolute Gasteiger partial charge is 0.493 e. The summed E-state index contributed by atoms with van der Waals surface area (Å²) in [6.45, 7) is 3.51. The van der Waals surface area contributed by atoms with Gasteiger partial charge >= 0.3 is 11.9 Å². The maximum Gasteiger partial charge on any atom is 0.336 e. The molecule has 1 aliphatic rings. The summed E-state index contributed by atoms with van der Waals surface area (Å²) in [5.74, 6) is -0.878. The average molecular weight is 361 g/mol. The Balaban J connectivity index is 2.81. The zero-order chi connectivity index (χ0) is 19.4. The molecule has 1 aromatic carbocycles. The second-order valence-electron chi connectivity index (χ2n) is 5.70. The van der Waals surface area contributed by atoms with Crippen molar-refractivity contribution in [2.75, 3.05) is 28.4 Å². The summed E-state index contributed by atoms with van der Waals surface area (Å²) in [6, 6.07) is 5.29. The van der Waals surface area contributed by atoms with Gasteiger partial charge in [0.05, 0.1) is 45.5 Å². The Morgan fingerprint density at radius 1 is 0.885 bits per heavy atom. The normalized spacial score (nSPS) is 14.7. The summed E-state index contributed by atoms with van der Waals surface area (Å²) in [7, 11) is 5.62. The van der Waals surface area contributed by atoms with Crippen molar-refractivity contribution in [3.05, 3.63) is 46.3 Å². The van der Waals surface area contributed by atoms with Gasteiger partial charge < -0.3 is 24.3 Å². The van der Waals surface area contributed by atoms with Crippen molar-refractivity contribution >= 4 is 11.9 Å². The highest BCUT2D eigenvalue weighted by molar-refractivity contribution is 6.00. The molecule has 1 aromatic rings. The van der Waals surface area contributed by atoms with Crippen LogP contribution in [0.2, 0.25) is 0 Å². The molecular weight excluding hydrogens is 338 g/mol. The second-order valence-corrected chi connectivity index (χ2v) is 5.70. The fourth-order valence-electron chi connectivity index (χ4n) is 3.21. The number of dihydropyridines is 1. The standard InChI is InChI=1S/C19H23NO6/c1-10-14(18(21)25-5)16(15(11(2)20-10)19(22)26-6)12-8-7-9-13(23-3)17(12)24-4/h7-9,16,20H,1-6H3. The molecular formula is C19H23NO6. The Morgan fingerprint density at radius 2 is 1.42 bits per heavy atom. The van der Waals surface area contributed by atoms with E-state index in [4.69, 9.17) is 18.9 Å². The molecule has 0 saturated heterocycles. The second kappa shape index (κ2) is 7.95. The molecule has 26 heavy (non-hydrogen) atoms. The molecule has 1 N–H and O–H groups in total. The van der Waals surface area contributed by atoms with Crippen LogP contribution >= 0.6 is 0 Å². The molecule has 2 rings (SSSR count). The summed E-state index contributed by atoms with van der Waals surface area (Å²) >= 11 is 0. The lowest BCUT2D eigenvalue weighted by atomic mass is 9.80. The van der Waals surface area contributed by atoms with Crippen LogP contribution in [0.1, 0.15) is 25.3 Å². The monoisotopic (exact) mass is 361 g/mol. The number of nitrogens with one attached hydrogen (secondary N) is 1. The third kappa shape index (κ3) is 3.24. The summed E-state index contributed by atoms with van der Waals surface area (Å²) in [6.07, 6.45) is 0. The van der Waals surface area contributed by atoms with Crippen LogP contribution in [-0.4, -0.2) is 40.4 Å². The van der Waals surface area contributed by atoms with Crippen molar-refractivity contribution in [2.45, 2.75) is 19.8 Å². The molecule has 140 valence electrons. The Hall–Kier alpha value is -2.96. The topological polar surface area (TPSA) is 83.1 Å². The minimum Gasteiger partial charge on any atom is -0.493 e. The highest BCUT2D eigenvalue weighted by Crippen LogP contribution is 2.45. The molecule has 7 heteroatoms. The molecule has 0 aromatic heterocycles. The van der Waals surface area contributed by atoms with E-state index in [0.29, 0.717) is 39.6 Å². The van der Waals surface area contributed by atoms with Crippen LogP contribution in [0.5, 0.6) is 11.5 Å². The first-order chi connectivity index (χ1) is 12.4. The molecule has 0 radical (unpaired) electrons. The maximum absolute atomic E-state index is 12.5. The van der Waals surface area contributed by atoms with Crippen LogP contribution < -0.4 is 14.8 Å². The van der Waals surface area contributed by atoms with Crippen molar-refractivity contribution in [1.29, 1.82) is 0 Å². The minimum atomic E-state index is -0.721. The SMILES string of the molecule is COC(=O)C1=C(C)NC(C)=C(C(=O)OC)C1c1cccc(OC)c1OC. The van der Waals surface area contributed by atoms with Gasteiger partial charge in [-0.15, -0.1) is 0 Å². The molecule has 0 unspecified atom stereocenters.